The highest BCUT2D eigenvalue weighted by molar-refractivity contribution is 7.46. The Morgan fingerprint density at radius 3 is 1.56 bits per heavy atom. The van der Waals surface area contributed by atoms with Crippen LogP contribution in [0.2, 0.25) is 0 Å². The molecule has 0 spiro atoms. The first-order chi connectivity index (χ1) is 26.7. The molecule has 0 aromatic rings. The number of allylic oxidation sites excluding steroid dienone is 20. The van der Waals surface area contributed by atoms with Crippen molar-refractivity contribution in [1.82, 2.24) is 0 Å². The molecule has 0 fully saturated rings. The molecule has 0 aromatic heterocycles. The summed E-state index contributed by atoms with van der Waals surface area (Å²) < 4.78 is 26.2. The van der Waals surface area contributed by atoms with Crippen molar-refractivity contribution in [1.29, 1.82) is 0 Å². The van der Waals surface area contributed by atoms with E-state index < -0.39 is 38.6 Å². The fraction of sp³-hybridized carbons (Fsp3) is 0.467. The van der Waals surface area contributed by atoms with Crippen LogP contribution in [-0.2, 0) is 28.2 Å². The van der Waals surface area contributed by atoms with Crippen LogP contribution in [0, 0.1) is 0 Å². The number of carbonyl (C=O) groups excluding carboxylic acids is 2. The number of unbranched alkanes of at least 4 members (excludes halogenated alkanes) is 1. The highest BCUT2D eigenvalue weighted by Gasteiger charge is 2.22. The van der Waals surface area contributed by atoms with Gasteiger partial charge in [0.2, 0.25) is 0 Å². The average molecular weight is 783 g/mol. The zero-order valence-corrected chi connectivity index (χ0v) is 34.0. The van der Waals surface area contributed by atoms with E-state index >= 15 is 0 Å². The summed E-state index contributed by atoms with van der Waals surface area (Å²) in [6, 6.07) is 0. The van der Waals surface area contributed by atoms with Crippen molar-refractivity contribution in [3.63, 3.8) is 0 Å². The molecule has 0 aliphatic heterocycles. The van der Waals surface area contributed by atoms with Gasteiger partial charge >= 0.3 is 19.8 Å². The Kier molecular flexibility index (Phi) is 35.7. The lowest BCUT2D eigenvalue weighted by atomic mass is 10.2. The molecule has 0 heterocycles. The Labute approximate surface area is 331 Å². The molecule has 0 aliphatic rings. The van der Waals surface area contributed by atoms with Crippen LogP contribution in [0.1, 0.15) is 110 Å². The molecule has 0 saturated carbocycles. The highest BCUT2D eigenvalue weighted by Crippen LogP contribution is 2.35. The van der Waals surface area contributed by atoms with Gasteiger partial charge in [-0.2, -0.15) is 0 Å². The Bertz CT molecular complexity index is 1360. The molecule has 1 unspecified atom stereocenters. The van der Waals surface area contributed by atoms with Crippen molar-refractivity contribution >= 4 is 19.8 Å². The second kappa shape index (κ2) is 38.4. The molecule has 0 aliphatic carbocycles. The van der Waals surface area contributed by atoms with Crippen molar-refractivity contribution in [3.8, 4) is 0 Å². The van der Waals surface area contributed by atoms with E-state index in [0.717, 1.165) is 51.4 Å². The first kappa shape index (κ1) is 51.1. The summed E-state index contributed by atoms with van der Waals surface area (Å²) in [4.78, 5) is 42.7. The van der Waals surface area contributed by atoms with E-state index in [4.69, 9.17) is 19.3 Å². The van der Waals surface area contributed by atoms with Crippen LogP contribution in [0.5, 0.6) is 0 Å². The topological polar surface area (TPSA) is 140 Å². The summed E-state index contributed by atoms with van der Waals surface area (Å²) in [5.41, 5.74) is 0. The highest BCUT2D eigenvalue weighted by atomic mass is 31.2. The molecule has 9 nitrogen and oxygen atoms in total. The second-order valence-corrected chi connectivity index (χ2v) is 13.6. The Morgan fingerprint density at radius 1 is 0.564 bits per heavy atom. The largest absolute Gasteiger partial charge is 0.469 e. The number of esters is 2. The van der Waals surface area contributed by atoms with Crippen LogP contribution >= 0.6 is 7.82 Å². The quantitative estimate of drug-likeness (QED) is 0.0195. The third kappa shape index (κ3) is 41.2. The number of phosphoric acid groups is 1. The number of hydrogen-bond donors (Lipinski definition) is 3. The molecular weight excluding hydrogens is 715 g/mol. The molecule has 0 aromatic carbocycles. The van der Waals surface area contributed by atoms with E-state index in [1.807, 2.05) is 60.8 Å². The van der Waals surface area contributed by atoms with E-state index in [1.54, 1.807) is 6.08 Å². The monoisotopic (exact) mass is 782 g/mol. The van der Waals surface area contributed by atoms with Crippen molar-refractivity contribution in [2.24, 2.45) is 0 Å². The molecule has 0 amide bonds. The maximum absolute atomic E-state index is 12.4. The van der Waals surface area contributed by atoms with Gasteiger partial charge in [-0.3, -0.25) is 14.1 Å². The molecule has 3 N–H and O–H groups in total. The van der Waals surface area contributed by atoms with Gasteiger partial charge in [-0.1, -0.05) is 148 Å². The van der Waals surface area contributed by atoms with Crippen LogP contribution in [-0.4, -0.2) is 52.3 Å². The number of aliphatic hydroxyl groups is 1. The summed E-state index contributed by atoms with van der Waals surface area (Å²) in [7, 11) is -4.81. The third-order valence-corrected chi connectivity index (χ3v) is 7.74. The number of aliphatic hydroxyl groups excluding tert-OH is 1. The normalized spacial score (nSPS) is 14.5. The van der Waals surface area contributed by atoms with Gasteiger partial charge in [-0.05, 0) is 83.5 Å². The molecule has 0 radical (unpaired) electrons. The van der Waals surface area contributed by atoms with Crippen molar-refractivity contribution in [2.45, 2.75) is 122 Å². The van der Waals surface area contributed by atoms with Gasteiger partial charge in [0, 0.05) is 12.8 Å². The maximum atomic E-state index is 12.4. The van der Waals surface area contributed by atoms with E-state index in [2.05, 4.69) is 85.2 Å². The van der Waals surface area contributed by atoms with Crippen LogP contribution in [0.3, 0.4) is 0 Å². The lowest BCUT2D eigenvalue weighted by molar-refractivity contribution is -0.161. The van der Waals surface area contributed by atoms with Crippen LogP contribution < -0.4 is 0 Å². The molecular formula is C45H67O9P. The molecule has 10 heteroatoms. The number of hydrogen-bond acceptors (Lipinski definition) is 7. The summed E-state index contributed by atoms with van der Waals surface area (Å²) >= 11 is 0. The van der Waals surface area contributed by atoms with E-state index in [-0.39, 0.29) is 19.4 Å². The van der Waals surface area contributed by atoms with E-state index in [1.165, 1.54) is 0 Å². The minimum atomic E-state index is -4.81. The van der Waals surface area contributed by atoms with Crippen LogP contribution in [0.25, 0.3) is 0 Å². The van der Waals surface area contributed by atoms with Crippen molar-refractivity contribution in [3.05, 3.63) is 134 Å². The summed E-state index contributed by atoms with van der Waals surface area (Å²) in [5, 5.41) is 9.97. The predicted octanol–water partition coefficient (Wildman–Crippen LogP) is 10.9. The summed E-state index contributed by atoms with van der Waals surface area (Å²) in [6.45, 7) is 3.24. The Hall–Kier alpha value is -3.85. The number of ether oxygens (including phenoxy) is 2. The van der Waals surface area contributed by atoms with Gasteiger partial charge in [0.15, 0.2) is 6.10 Å². The maximum Gasteiger partial charge on any atom is 0.469 e. The Morgan fingerprint density at radius 2 is 1.04 bits per heavy atom. The zero-order valence-electron chi connectivity index (χ0n) is 33.1. The van der Waals surface area contributed by atoms with E-state index in [9.17, 15) is 19.3 Å². The molecule has 2 atom stereocenters. The van der Waals surface area contributed by atoms with Crippen molar-refractivity contribution < 1.29 is 43.0 Å². The first-order valence-corrected chi connectivity index (χ1v) is 21.1. The fourth-order valence-corrected chi connectivity index (χ4v) is 4.76. The molecule has 0 rings (SSSR count). The lowest BCUT2D eigenvalue weighted by Crippen LogP contribution is -2.29. The summed E-state index contributed by atoms with van der Waals surface area (Å²) in [5.74, 6) is -1.11. The van der Waals surface area contributed by atoms with Crippen molar-refractivity contribution in [2.75, 3.05) is 13.2 Å². The van der Waals surface area contributed by atoms with E-state index in [0.29, 0.717) is 32.1 Å². The van der Waals surface area contributed by atoms with Gasteiger partial charge in [0.05, 0.1) is 12.7 Å². The SMILES string of the molecule is CC/C=C\C/C=C\C/C=C\C/C=C\C/C=C\C/C=C\CCC(=O)O[C@H](COC(=O)CCC/C=C\C/C=C\C=C\C(O)C/C=C\C/C=C\CC)COP(=O)(O)O. The Balaban J connectivity index is 4.28. The van der Waals surface area contributed by atoms with Crippen LogP contribution in [0.15, 0.2) is 134 Å². The number of rotatable bonds is 33. The number of carbonyl (C=O) groups is 2. The number of phosphoric ester groups is 1. The molecule has 306 valence electrons. The lowest BCUT2D eigenvalue weighted by Gasteiger charge is -2.18. The van der Waals surface area contributed by atoms with Gasteiger partial charge in [0.1, 0.15) is 6.61 Å². The molecule has 0 bridgehead atoms. The third-order valence-electron chi connectivity index (χ3n) is 7.26. The molecule has 55 heavy (non-hydrogen) atoms. The second-order valence-electron chi connectivity index (χ2n) is 12.3. The molecule has 0 saturated heterocycles. The fourth-order valence-electron chi connectivity index (χ4n) is 4.40. The van der Waals surface area contributed by atoms with Gasteiger partial charge < -0.3 is 24.4 Å². The van der Waals surface area contributed by atoms with Gasteiger partial charge in [-0.15, -0.1) is 0 Å². The van der Waals surface area contributed by atoms with Gasteiger partial charge in [-0.25, -0.2) is 4.57 Å². The summed E-state index contributed by atoms with van der Waals surface area (Å²) in [6.07, 6.45) is 53.6. The average Bonchev–Trinajstić information content (AvgIpc) is 3.15. The standard InChI is InChI=1S/C45H67O9P/c1-3-5-7-9-11-12-13-14-15-16-17-18-19-20-21-22-27-31-35-39-45(48)54-43(41-53-55(49,50)51)40-52-44(47)38-34-30-26-24-23-25-29-33-37-42(46)36-32-28-10-8-6-4-2/h5-8,11-12,14-15,17-18,20-21,24-29,31-33,37,42-43,46H,3-4,9-10,13,16,19,22-23,30,34-36,38-41H2,1-2H3,(H2,49,50,51)/b7-5-,8-6-,12-11-,15-14-,18-17-,21-20-,26-24-,29-25-,31-27-,32-28-,37-33+/t42?,43-/m1/s1. The predicted molar refractivity (Wildman–Crippen MR) is 226 cm³/mol. The minimum Gasteiger partial charge on any atom is -0.462 e. The zero-order chi connectivity index (χ0) is 40.5. The van der Waals surface area contributed by atoms with Gasteiger partial charge in [0.25, 0.3) is 0 Å². The smallest absolute Gasteiger partial charge is 0.462 e. The minimum absolute atomic E-state index is 0.0529. The van der Waals surface area contributed by atoms with Crippen LogP contribution in [0.4, 0.5) is 0 Å². The first-order valence-electron chi connectivity index (χ1n) is 19.6.